The third-order valence-electron chi connectivity index (χ3n) is 2.31. The second-order valence-electron chi connectivity index (χ2n) is 4.85. The summed E-state index contributed by atoms with van der Waals surface area (Å²) in [6.45, 7) is 5.89. The van der Waals surface area contributed by atoms with Crippen molar-refractivity contribution in [3.63, 3.8) is 0 Å². The zero-order valence-corrected chi connectivity index (χ0v) is 10.5. The van der Waals surface area contributed by atoms with Gasteiger partial charge in [-0.15, -0.1) is 0 Å². The van der Waals surface area contributed by atoms with Crippen molar-refractivity contribution in [1.82, 2.24) is 0 Å². The van der Waals surface area contributed by atoms with Crippen molar-refractivity contribution in [2.45, 2.75) is 26.8 Å². The van der Waals surface area contributed by atoms with Crippen LogP contribution in [-0.2, 0) is 4.79 Å². The number of carbonyl (C=O) groups is 1. The molecule has 1 atom stereocenters. The van der Waals surface area contributed by atoms with Gasteiger partial charge in [0.1, 0.15) is 6.04 Å². The lowest BCUT2D eigenvalue weighted by atomic mass is 9.86. The number of nitrogens with one attached hydrogen (secondary N) is 1. The molecule has 16 heavy (non-hydrogen) atoms. The fraction of sp³-hybridized carbons (Fsp3) is 0.417. The Hall–Kier alpha value is -1.22. The molecular weight excluding hydrogens is 224 g/mol. The summed E-state index contributed by atoms with van der Waals surface area (Å²) >= 11 is 5.78. The van der Waals surface area contributed by atoms with E-state index in [0.29, 0.717) is 5.02 Å². The molecule has 1 unspecified atom stereocenters. The maximum Gasteiger partial charge on any atom is 0.240 e. The van der Waals surface area contributed by atoms with Crippen molar-refractivity contribution in [3.05, 3.63) is 29.3 Å². The van der Waals surface area contributed by atoms with Crippen molar-refractivity contribution in [2.75, 3.05) is 5.32 Å². The first-order valence-electron chi connectivity index (χ1n) is 5.12. The first kappa shape index (κ1) is 12.8. The highest BCUT2D eigenvalue weighted by atomic mass is 35.5. The van der Waals surface area contributed by atoms with Gasteiger partial charge in [0.05, 0.1) is 0 Å². The monoisotopic (exact) mass is 240 g/mol. The summed E-state index contributed by atoms with van der Waals surface area (Å²) < 4.78 is 0. The first-order valence-corrected chi connectivity index (χ1v) is 5.50. The van der Waals surface area contributed by atoms with E-state index in [1.165, 1.54) is 0 Å². The van der Waals surface area contributed by atoms with E-state index in [1.807, 2.05) is 32.9 Å². The van der Waals surface area contributed by atoms with E-state index in [9.17, 15) is 4.79 Å². The van der Waals surface area contributed by atoms with Crippen LogP contribution in [0.5, 0.6) is 0 Å². The number of anilines is 1. The molecule has 3 nitrogen and oxygen atoms in total. The average Bonchev–Trinajstić information content (AvgIpc) is 2.14. The van der Waals surface area contributed by atoms with E-state index in [1.54, 1.807) is 12.1 Å². The fourth-order valence-corrected chi connectivity index (χ4v) is 1.55. The average molecular weight is 241 g/mol. The molecule has 1 amide bonds. The lowest BCUT2D eigenvalue weighted by molar-refractivity contribution is -0.120. The number of halogens is 1. The summed E-state index contributed by atoms with van der Waals surface area (Å²) in [6.07, 6.45) is 0. The van der Waals surface area contributed by atoms with E-state index in [-0.39, 0.29) is 11.3 Å². The van der Waals surface area contributed by atoms with E-state index in [4.69, 9.17) is 17.3 Å². The second-order valence-corrected chi connectivity index (χ2v) is 5.29. The second kappa shape index (κ2) is 4.74. The number of nitrogens with two attached hydrogens (primary N) is 1. The number of carbonyl (C=O) groups excluding carboxylic acids is 1. The molecule has 1 aromatic carbocycles. The molecule has 0 spiro atoms. The van der Waals surface area contributed by atoms with Gasteiger partial charge in [-0.25, -0.2) is 0 Å². The molecule has 0 fully saturated rings. The first-order chi connectivity index (χ1) is 7.30. The Labute approximate surface area is 101 Å². The lowest BCUT2D eigenvalue weighted by Crippen LogP contribution is -2.45. The summed E-state index contributed by atoms with van der Waals surface area (Å²) in [7, 11) is 0. The Kier molecular flexibility index (Phi) is 3.81. The highest BCUT2D eigenvalue weighted by Gasteiger charge is 2.29. The van der Waals surface area contributed by atoms with E-state index in [0.717, 1.165) is 5.69 Å². The van der Waals surface area contributed by atoms with Gasteiger partial charge in [0, 0.05) is 10.7 Å². The quantitative estimate of drug-likeness (QED) is 0.854. The Morgan fingerprint density at radius 2 is 1.81 bits per heavy atom. The van der Waals surface area contributed by atoms with Crippen LogP contribution in [0.3, 0.4) is 0 Å². The van der Waals surface area contributed by atoms with E-state index < -0.39 is 6.04 Å². The molecule has 0 radical (unpaired) electrons. The van der Waals surface area contributed by atoms with Crippen molar-refractivity contribution in [3.8, 4) is 0 Å². The molecule has 1 aromatic rings. The molecule has 0 aromatic heterocycles. The highest BCUT2D eigenvalue weighted by molar-refractivity contribution is 6.30. The predicted molar refractivity (Wildman–Crippen MR) is 67.5 cm³/mol. The molecule has 1 rings (SSSR count). The van der Waals surface area contributed by atoms with Crippen LogP contribution in [0.15, 0.2) is 24.3 Å². The Bertz CT molecular complexity index is 368. The van der Waals surface area contributed by atoms with Crippen LogP contribution < -0.4 is 11.1 Å². The molecule has 0 aliphatic rings. The standard InChI is InChI=1S/C12H17ClN2O/c1-12(2,3)10(11(14)16)15-9-6-4-8(13)5-7-9/h4-7,10,15H,1-3H3,(H2,14,16). The summed E-state index contributed by atoms with van der Waals surface area (Å²) in [5.74, 6) is -0.359. The zero-order valence-electron chi connectivity index (χ0n) is 9.75. The maximum atomic E-state index is 11.4. The normalized spacial score (nSPS) is 13.2. The molecule has 0 saturated carbocycles. The molecule has 3 N–H and O–H groups in total. The SMILES string of the molecule is CC(C)(C)C(Nc1ccc(Cl)cc1)C(N)=O. The highest BCUT2D eigenvalue weighted by Crippen LogP contribution is 2.23. The van der Waals surface area contributed by atoms with Crippen molar-refractivity contribution in [2.24, 2.45) is 11.1 Å². The summed E-state index contributed by atoms with van der Waals surface area (Å²) in [4.78, 5) is 11.4. The number of hydrogen-bond donors (Lipinski definition) is 2. The summed E-state index contributed by atoms with van der Waals surface area (Å²) in [5, 5.41) is 3.78. The largest absolute Gasteiger partial charge is 0.373 e. The number of primary amides is 1. The fourth-order valence-electron chi connectivity index (χ4n) is 1.43. The minimum atomic E-state index is -0.409. The van der Waals surface area contributed by atoms with Gasteiger partial charge in [-0.2, -0.15) is 0 Å². The van der Waals surface area contributed by atoms with Gasteiger partial charge in [-0.05, 0) is 29.7 Å². The van der Waals surface area contributed by atoms with Crippen molar-refractivity contribution >= 4 is 23.2 Å². The van der Waals surface area contributed by atoms with Crippen molar-refractivity contribution in [1.29, 1.82) is 0 Å². The topological polar surface area (TPSA) is 55.1 Å². The van der Waals surface area contributed by atoms with Crippen LogP contribution in [0.25, 0.3) is 0 Å². The van der Waals surface area contributed by atoms with Crippen LogP contribution in [0.2, 0.25) is 5.02 Å². The van der Waals surface area contributed by atoms with Gasteiger partial charge in [-0.3, -0.25) is 4.79 Å². The summed E-state index contributed by atoms with van der Waals surface area (Å²) in [5.41, 5.74) is 5.98. The minimum Gasteiger partial charge on any atom is -0.373 e. The molecule has 4 heteroatoms. The molecule has 88 valence electrons. The number of amides is 1. The molecule has 0 aliphatic heterocycles. The Morgan fingerprint density at radius 3 is 2.19 bits per heavy atom. The molecule has 0 aliphatic carbocycles. The number of rotatable bonds is 3. The predicted octanol–water partition coefficient (Wildman–Crippen LogP) is 2.65. The van der Waals surface area contributed by atoms with Gasteiger partial charge in [0.2, 0.25) is 5.91 Å². The third-order valence-corrected chi connectivity index (χ3v) is 2.56. The zero-order chi connectivity index (χ0) is 12.3. The van der Waals surface area contributed by atoms with Crippen LogP contribution in [0, 0.1) is 5.41 Å². The van der Waals surface area contributed by atoms with Gasteiger partial charge in [0.25, 0.3) is 0 Å². The Morgan fingerprint density at radius 1 is 1.31 bits per heavy atom. The van der Waals surface area contributed by atoms with Gasteiger partial charge in [-0.1, -0.05) is 32.4 Å². The van der Waals surface area contributed by atoms with Crippen molar-refractivity contribution < 1.29 is 4.79 Å². The number of benzene rings is 1. The number of hydrogen-bond acceptors (Lipinski definition) is 2. The minimum absolute atomic E-state index is 0.231. The molecular formula is C12H17ClN2O. The van der Waals surface area contributed by atoms with E-state index >= 15 is 0 Å². The lowest BCUT2D eigenvalue weighted by Gasteiger charge is -2.29. The maximum absolute atomic E-state index is 11.4. The van der Waals surface area contributed by atoms with Crippen LogP contribution >= 0.6 is 11.6 Å². The van der Waals surface area contributed by atoms with Gasteiger partial charge < -0.3 is 11.1 Å². The van der Waals surface area contributed by atoms with Crippen LogP contribution in [-0.4, -0.2) is 11.9 Å². The third kappa shape index (κ3) is 3.42. The smallest absolute Gasteiger partial charge is 0.240 e. The molecule has 0 heterocycles. The Balaban J connectivity index is 2.84. The van der Waals surface area contributed by atoms with Crippen LogP contribution in [0.4, 0.5) is 5.69 Å². The van der Waals surface area contributed by atoms with Crippen LogP contribution in [0.1, 0.15) is 20.8 Å². The van der Waals surface area contributed by atoms with Gasteiger partial charge >= 0.3 is 0 Å². The van der Waals surface area contributed by atoms with Gasteiger partial charge in [0.15, 0.2) is 0 Å². The van der Waals surface area contributed by atoms with E-state index in [2.05, 4.69) is 5.32 Å². The summed E-state index contributed by atoms with van der Waals surface area (Å²) in [6, 6.07) is 6.78. The molecule has 0 saturated heterocycles. The molecule has 0 bridgehead atoms.